The summed E-state index contributed by atoms with van der Waals surface area (Å²) in [6.07, 6.45) is 2.39. The predicted molar refractivity (Wildman–Crippen MR) is 72.4 cm³/mol. The molecule has 2 rings (SSSR count). The minimum Gasteiger partial charge on any atom is -0.357 e. The van der Waals surface area contributed by atoms with E-state index in [0.29, 0.717) is 0 Å². The molecule has 0 amide bonds. The van der Waals surface area contributed by atoms with Gasteiger partial charge in [0.15, 0.2) is 0 Å². The highest BCUT2D eigenvalue weighted by molar-refractivity contribution is 8.22. The monoisotopic (exact) mass is 268 g/mol. The number of thioether (sulfide) groups is 1. The van der Waals surface area contributed by atoms with Crippen molar-refractivity contribution in [2.24, 2.45) is 0 Å². The van der Waals surface area contributed by atoms with Crippen LogP contribution in [0.4, 0.5) is 5.69 Å². The molecule has 6 heteroatoms. The topological polar surface area (TPSA) is 46.4 Å². The Hall–Kier alpha value is -1.14. The van der Waals surface area contributed by atoms with Gasteiger partial charge in [-0.15, -0.1) is 0 Å². The molecule has 1 aromatic rings. The van der Waals surface area contributed by atoms with Crippen LogP contribution in [0.2, 0.25) is 0 Å². The number of nitro groups is 1. The molecule has 0 saturated carbocycles. The fourth-order valence-electron chi connectivity index (χ4n) is 1.70. The Morgan fingerprint density at radius 2 is 1.88 bits per heavy atom. The molecular weight excluding hydrogens is 256 g/mol. The van der Waals surface area contributed by atoms with Gasteiger partial charge in [-0.2, -0.15) is 0 Å². The Balaban J connectivity index is 1.98. The number of thiocarbonyl (C=S) groups is 1. The second-order valence-corrected chi connectivity index (χ2v) is 5.52. The molecule has 1 fully saturated rings. The zero-order valence-electron chi connectivity index (χ0n) is 9.17. The summed E-state index contributed by atoms with van der Waals surface area (Å²) in [5.74, 6) is 0. The lowest BCUT2D eigenvalue weighted by Gasteiger charge is -2.17. The standard InChI is InChI=1S/C11H12N2O2S2/c14-13(15)9-3-5-10(6-4-9)17-11(16)12-7-1-2-8-12/h3-6H,1-2,7-8H2. The van der Waals surface area contributed by atoms with Crippen LogP contribution in [-0.2, 0) is 0 Å². The molecule has 17 heavy (non-hydrogen) atoms. The number of likely N-dealkylation sites (tertiary alicyclic amines) is 1. The lowest BCUT2D eigenvalue weighted by atomic mass is 10.3. The van der Waals surface area contributed by atoms with Crippen molar-refractivity contribution >= 4 is 34.0 Å². The second kappa shape index (κ2) is 5.46. The summed E-state index contributed by atoms with van der Waals surface area (Å²) in [5, 5.41) is 10.5. The smallest absolute Gasteiger partial charge is 0.269 e. The van der Waals surface area contributed by atoms with Crippen LogP contribution in [0.5, 0.6) is 0 Å². The number of non-ortho nitro benzene ring substituents is 1. The third-order valence-electron chi connectivity index (χ3n) is 2.62. The van der Waals surface area contributed by atoms with E-state index in [2.05, 4.69) is 4.90 Å². The van der Waals surface area contributed by atoms with Crippen LogP contribution in [0, 0.1) is 10.1 Å². The molecular formula is C11H12N2O2S2. The average molecular weight is 268 g/mol. The highest BCUT2D eigenvalue weighted by Crippen LogP contribution is 2.25. The molecule has 1 saturated heterocycles. The van der Waals surface area contributed by atoms with E-state index in [9.17, 15) is 10.1 Å². The highest BCUT2D eigenvalue weighted by Gasteiger charge is 2.15. The van der Waals surface area contributed by atoms with Crippen molar-refractivity contribution in [3.63, 3.8) is 0 Å². The van der Waals surface area contributed by atoms with Crippen LogP contribution in [-0.4, -0.2) is 27.2 Å². The molecule has 1 aromatic carbocycles. The Labute approximate surface area is 109 Å². The van der Waals surface area contributed by atoms with Gasteiger partial charge in [-0.1, -0.05) is 24.0 Å². The molecule has 0 bridgehead atoms. The molecule has 0 unspecified atom stereocenters. The lowest BCUT2D eigenvalue weighted by molar-refractivity contribution is -0.384. The fourth-order valence-corrected chi connectivity index (χ4v) is 2.96. The van der Waals surface area contributed by atoms with E-state index >= 15 is 0 Å². The zero-order valence-corrected chi connectivity index (χ0v) is 10.8. The molecule has 90 valence electrons. The fraction of sp³-hybridized carbons (Fsp3) is 0.364. The summed E-state index contributed by atoms with van der Waals surface area (Å²) < 4.78 is 0.858. The van der Waals surface area contributed by atoms with Gasteiger partial charge in [0.1, 0.15) is 4.32 Å². The average Bonchev–Trinajstić information content (AvgIpc) is 2.83. The maximum absolute atomic E-state index is 10.5. The van der Waals surface area contributed by atoms with Gasteiger partial charge in [-0.05, 0) is 25.0 Å². The number of rotatable bonds is 2. The Bertz CT molecular complexity index is 428. The van der Waals surface area contributed by atoms with Crippen LogP contribution in [0.1, 0.15) is 12.8 Å². The number of benzene rings is 1. The Kier molecular flexibility index (Phi) is 3.96. The van der Waals surface area contributed by atoms with Gasteiger partial charge in [0.25, 0.3) is 5.69 Å². The maximum Gasteiger partial charge on any atom is 0.269 e. The quantitative estimate of drug-likeness (QED) is 0.357. The maximum atomic E-state index is 10.5. The van der Waals surface area contributed by atoms with Gasteiger partial charge >= 0.3 is 0 Å². The molecule has 0 N–H and O–H groups in total. The third kappa shape index (κ3) is 3.17. The van der Waals surface area contributed by atoms with E-state index in [1.807, 2.05) is 0 Å². The Morgan fingerprint density at radius 3 is 2.41 bits per heavy atom. The van der Waals surface area contributed by atoms with Crippen LogP contribution in [0.3, 0.4) is 0 Å². The summed E-state index contributed by atoms with van der Waals surface area (Å²) in [6, 6.07) is 6.50. The summed E-state index contributed by atoms with van der Waals surface area (Å²) in [7, 11) is 0. The minimum atomic E-state index is -0.396. The molecule has 0 aliphatic carbocycles. The molecule has 0 aromatic heterocycles. The molecule has 0 radical (unpaired) electrons. The normalized spacial score (nSPS) is 14.9. The minimum absolute atomic E-state index is 0.112. The SMILES string of the molecule is O=[N+]([O-])c1ccc(SC(=S)N2CCCC2)cc1. The number of hydrogen-bond donors (Lipinski definition) is 0. The number of nitrogens with zero attached hydrogens (tertiary/aromatic N) is 2. The Morgan fingerprint density at radius 1 is 1.29 bits per heavy atom. The third-order valence-corrected chi connectivity index (χ3v) is 4.07. The van der Waals surface area contributed by atoms with Gasteiger partial charge in [-0.3, -0.25) is 10.1 Å². The van der Waals surface area contributed by atoms with Crippen LogP contribution in [0.15, 0.2) is 29.2 Å². The van der Waals surface area contributed by atoms with Crippen molar-refractivity contribution in [1.82, 2.24) is 4.90 Å². The van der Waals surface area contributed by atoms with Crippen molar-refractivity contribution in [3.8, 4) is 0 Å². The molecule has 0 atom stereocenters. The van der Waals surface area contributed by atoms with Gasteiger partial charge < -0.3 is 4.90 Å². The summed E-state index contributed by atoms with van der Waals surface area (Å²) >= 11 is 6.83. The van der Waals surface area contributed by atoms with E-state index in [4.69, 9.17) is 12.2 Å². The number of hydrogen-bond acceptors (Lipinski definition) is 4. The first-order valence-corrected chi connectivity index (χ1v) is 6.60. The first-order valence-electron chi connectivity index (χ1n) is 5.38. The van der Waals surface area contributed by atoms with Crippen LogP contribution in [0.25, 0.3) is 0 Å². The lowest BCUT2D eigenvalue weighted by Crippen LogP contribution is -2.22. The van der Waals surface area contributed by atoms with E-state index in [1.54, 1.807) is 12.1 Å². The first kappa shape index (κ1) is 12.3. The van der Waals surface area contributed by atoms with E-state index < -0.39 is 4.92 Å². The summed E-state index contributed by atoms with van der Waals surface area (Å²) in [6.45, 7) is 2.05. The van der Waals surface area contributed by atoms with E-state index in [-0.39, 0.29) is 5.69 Å². The van der Waals surface area contributed by atoms with Gasteiger partial charge in [0.05, 0.1) is 4.92 Å². The predicted octanol–water partition coefficient (Wildman–Crippen LogP) is 3.07. The molecule has 1 heterocycles. The van der Waals surface area contributed by atoms with Gasteiger partial charge in [0, 0.05) is 30.1 Å². The van der Waals surface area contributed by atoms with Crippen LogP contribution < -0.4 is 0 Å². The highest BCUT2D eigenvalue weighted by atomic mass is 32.2. The number of nitro benzene ring substituents is 1. The second-order valence-electron chi connectivity index (χ2n) is 3.81. The van der Waals surface area contributed by atoms with E-state index in [1.165, 1.54) is 36.7 Å². The summed E-state index contributed by atoms with van der Waals surface area (Å²) in [5.41, 5.74) is 0.112. The molecule has 1 aliphatic rings. The van der Waals surface area contributed by atoms with Crippen molar-refractivity contribution in [2.75, 3.05) is 13.1 Å². The van der Waals surface area contributed by atoms with Crippen molar-refractivity contribution < 1.29 is 4.92 Å². The van der Waals surface area contributed by atoms with Gasteiger partial charge in [0.2, 0.25) is 0 Å². The van der Waals surface area contributed by atoms with Crippen molar-refractivity contribution in [3.05, 3.63) is 34.4 Å². The zero-order chi connectivity index (χ0) is 12.3. The first-order chi connectivity index (χ1) is 8.16. The van der Waals surface area contributed by atoms with Crippen molar-refractivity contribution in [1.29, 1.82) is 0 Å². The largest absolute Gasteiger partial charge is 0.357 e. The van der Waals surface area contributed by atoms with Gasteiger partial charge in [-0.25, -0.2) is 0 Å². The van der Waals surface area contributed by atoms with Crippen molar-refractivity contribution in [2.45, 2.75) is 17.7 Å². The molecule has 1 aliphatic heterocycles. The van der Waals surface area contributed by atoms with E-state index in [0.717, 1.165) is 22.3 Å². The van der Waals surface area contributed by atoms with Crippen LogP contribution >= 0.6 is 24.0 Å². The summed E-state index contributed by atoms with van der Waals surface area (Å²) in [4.78, 5) is 13.2. The molecule has 0 spiro atoms. The molecule has 4 nitrogen and oxygen atoms in total.